The van der Waals surface area contributed by atoms with Crippen LogP contribution >= 0.6 is 15.9 Å². The zero-order valence-electron chi connectivity index (χ0n) is 19.5. The SMILES string of the molecule is CCOC(C(=O)NN=Cc1cc(Br)c(OC)c(OC)c1)c1ccc(CCC(C)CC)cc1. The molecule has 0 aliphatic rings. The minimum Gasteiger partial charge on any atom is -0.493 e. The number of carbonyl (C=O) groups excluding carboxylic acids is 1. The van der Waals surface area contributed by atoms with E-state index in [0.717, 1.165) is 28.4 Å². The van der Waals surface area contributed by atoms with Gasteiger partial charge in [-0.3, -0.25) is 4.79 Å². The predicted octanol–water partition coefficient (Wildman–Crippen LogP) is 5.67. The second kappa shape index (κ2) is 13.2. The fourth-order valence-electron chi connectivity index (χ4n) is 3.21. The Hall–Kier alpha value is -2.38. The fourth-order valence-corrected chi connectivity index (χ4v) is 3.83. The van der Waals surface area contributed by atoms with Gasteiger partial charge in [0, 0.05) is 6.61 Å². The van der Waals surface area contributed by atoms with Gasteiger partial charge < -0.3 is 14.2 Å². The largest absolute Gasteiger partial charge is 0.493 e. The van der Waals surface area contributed by atoms with Gasteiger partial charge in [0.05, 0.1) is 24.9 Å². The molecule has 0 bridgehead atoms. The van der Waals surface area contributed by atoms with Gasteiger partial charge in [-0.15, -0.1) is 0 Å². The Bertz CT molecular complexity index is 900. The van der Waals surface area contributed by atoms with Gasteiger partial charge in [-0.05, 0) is 70.4 Å². The molecule has 2 aromatic rings. The second-order valence-corrected chi connectivity index (χ2v) is 8.46. The topological polar surface area (TPSA) is 69.2 Å². The highest BCUT2D eigenvalue weighted by molar-refractivity contribution is 9.10. The smallest absolute Gasteiger partial charge is 0.273 e. The summed E-state index contributed by atoms with van der Waals surface area (Å²) in [4.78, 5) is 12.7. The molecule has 174 valence electrons. The summed E-state index contributed by atoms with van der Waals surface area (Å²) in [6.07, 6.45) is 4.20. The average Bonchev–Trinajstić information content (AvgIpc) is 2.80. The quantitative estimate of drug-likeness (QED) is 0.298. The van der Waals surface area contributed by atoms with Crippen LogP contribution in [0.4, 0.5) is 0 Å². The molecule has 0 spiro atoms. The van der Waals surface area contributed by atoms with E-state index in [1.54, 1.807) is 26.5 Å². The van der Waals surface area contributed by atoms with Crippen molar-refractivity contribution in [3.8, 4) is 11.5 Å². The lowest BCUT2D eigenvalue weighted by Gasteiger charge is -2.16. The Morgan fingerprint density at radius 3 is 2.47 bits per heavy atom. The maximum absolute atomic E-state index is 12.7. The first-order valence-electron chi connectivity index (χ1n) is 10.9. The van der Waals surface area contributed by atoms with Gasteiger partial charge in [0.15, 0.2) is 17.6 Å². The molecule has 6 nitrogen and oxygen atoms in total. The van der Waals surface area contributed by atoms with Gasteiger partial charge in [-0.1, -0.05) is 44.5 Å². The van der Waals surface area contributed by atoms with Gasteiger partial charge in [-0.25, -0.2) is 5.43 Å². The van der Waals surface area contributed by atoms with Crippen molar-refractivity contribution in [3.05, 3.63) is 57.6 Å². The number of hydrogen-bond acceptors (Lipinski definition) is 5. The zero-order chi connectivity index (χ0) is 23.5. The Balaban J connectivity index is 2.06. The first-order valence-corrected chi connectivity index (χ1v) is 11.7. The number of carbonyl (C=O) groups is 1. The van der Waals surface area contributed by atoms with Crippen LogP contribution in [0.5, 0.6) is 11.5 Å². The number of amides is 1. The summed E-state index contributed by atoms with van der Waals surface area (Å²) in [5, 5.41) is 4.10. The molecule has 0 fully saturated rings. The lowest BCUT2D eigenvalue weighted by atomic mass is 9.98. The van der Waals surface area contributed by atoms with Crippen LogP contribution in [0.1, 0.15) is 56.4 Å². The molecule has 2 unspecified atom stereocenters. The highest BCUT2D eigenvalue weighted by atomic mass is 79.9. The maximum Gasteiger partial charge on any atom is 0.273 e. The molecule has 7 heteroatoms. The predicted molar refractivity (Wildman–Crippen MR) is 132 cm³/mol. The normalized spacial score (nSPS) is 13.1. The number of methoxy groups -OCH3 is 2. The Morgan fingerprint density at radius 2 is 1.88 bits per heavy atom. The standard InChI is InChI=1S/C25H33BrN2O4/c1-6-17(3)8-9-18-10-12-20(13-11-18)23(32-7-2)25(29)28-27-16-19-14-21(26)24(31-5)22(15-19)30-4/h10-17,23H,6-9H2,1-5H3,(H,28,29). The van der Waals surface area contributed by atoms with Crippen LogP contribution in [0.15, 0.2) is 46.0 Å². The van der Waals surface area contributed by atoms with Gasteiger partial charge in [0.1, 0.15) is 0 Å². The van der Waals surface area contributed by atoms with E-state index in [-0.39, 0.29) is 5.91 Å². The molecule has 0 aliphatic carbocycles. The molecule has 32 heavy (non-hydrogen) atoms. The van der Waals surface area contributed by atoms with E-state index in [0.29, 0.717) is 24.0 Å². The minimum atomic E-state index is -0.724. The third-order valence-electron chi connectivity index (χ3n) is 5.32. The number of aryl methyl sites for hydroxylation is 1. The molecular weight excluding hydrogens is 472 g/mol. The lowest BCUT2D eigenvalue weighted by Crippen LogP contribution is -2.27. The number of rotatable bonds is 12. The van der Waals surface area contributed by atoms with Crippen LogP contribution in [0, 0.1) is 5.92 Å². The van der Waals surface area contributed by atoms with Crippen LogP contribution in [0.25, 0.3) is 0 Å². The second-order valence-electron chi connectivity index (χ2n) is 7.60. The summed E-state index contributed by atoms with van der Waals surface area (Å²) >= 11 is 3.45. The van der Waals surface area contributed by atoms with Gasteiger partial charge >= 0.3 is 0 Å². The number of ether oxygens (including phenoxy) is 3. The Morgan fingerprint density at radius 1 is 1.16 bits per heavy atom. The highest BCUT2D eigenvalue weighted by Crippen LogP contribution is 2.35. The number of hydrazone groups is 1. The molecule has 2 atom stereocenters. The zero-order valence-corrected chi connectivity index (χ0v) is 21.1. The number of hydrogen-bond donors (Lipinski definition) is 1. The number of halogens is 1. The molecule has 2 aromatic carbocycles. The summed E-state index contributed by atoms with van der Waals surface area (Å²) in [7, 11) is 3.14. The number of nitrogens with zero attached hydrogens (tertiary/aromatic N) is 1. The summed E-state index contributed by atoms with van der Waals surface area (Å²) in [5.41, 5.74) is 5.40. The third-order valence-corrected chi connectivity index (χ3v) is 5.91. The van der Waals surface area contributed by atoms with Crippen molar-refractivity contribution in [2.45, 2.75) is 46.1 Å². The molecule has 0 saturated carbocycles. The Labute approximate surface area is 199 Å². The third kappa shape index (κ3) is 7.35. The molecule has 0 aromatic heterocycles. The van der Waals surface area contributed by atoms with Crippen molar-refractivity contribution >= 4 is 28.1 Å². The molecule has 0 radical (unpaired) electrons. The minimum absolute atomic E-state index is 0.324. The van der Waals surface area contributed by atoms with E-state index in [1.165, 1.54) is 12.0 Å². The average molecular weight is 505 g/mol. The van der Waals surface area contributed by atoms with Crippen molar-refractivity contribution in [2.75, 3.05) is 20.8 Å². The van der Waals surface area contributed by atoms with Crippen LogP contribution in [0.2, 0.25) is 0 Å². The van der Waals surface area contributed by atoms with Crippen LogP contribution < -0.4 is 14.9 Å². The van der Waals surface area contributed by atoms with Crippen molar-refractivity contribution < 1.29 is 19.0 Å². The molecule has 0 aliphatic heterocycles. The Kier molecular flexibility index (Phi) is 10.7. The highest BCUT2D eigenvalue weighted by Gasteiger charge is 2.20. The first-order chi connectivity index (χ1) is 15.4. The van der Waals surface area contributed by atoms with E-state index in [9.17, 15) is 4.79 Å². The molecule has 1 amide bonds. The van der Waals surface area contributed by atoms with E-state index in [1.807, 2.05) is 25.1 Å². The summed E-state index contributed by atoms with van der Waals surface area (Å²) in [6.45, 7) is 6.77. The number of nitrogens with one attached hydrogen (secondary N) is 1. The van der Waals surface area contributed by atoms with E-state index < -0.39 is 6.10 Å². The van der Waals surface area contributed by atoms with Crippen molar-refractivity contribution in [2.24, 2.45) is 11.0 Å². The summed E-state index contributed by atoms with van der Waals surface area (Å²) < 4.78 is 17.1. The van der Waals surface area contributed by atoms with Crippen molar-refractivity contribution in [1.82, 2.24) is 5.43 Å². The van der Waals surface area contributed by atoms with Gasteiger partial charge in [-0.2, -0.15) is 5.10 Å². The van der Waals surface area contributed by atoms with Crippen LogP contribution in [0.3, 0.4) is 0 Å². The first kappa shape index (κ1) is 25.9. The molecule has 0 saturated heterocycles. The van der Waals surface area contributed by atoms with Crippen molar-refractivity contribution in [3.63, 3.8) is 0 Å². The van der Waals surface area contributed by atoms with E-state index in [4.69, 9.17) is 14.2 Å². The van der Waals surface area contributed by atoms with Gasteiger partial charge in [0.2, 0.25) is 0 Å². The molecule has 0 heterocycles. The fraction of sp³-hybridized carbons (Fsp3) is 0.440. The monoisotopic (exact) mass is 504 g/mol. The van der Waals surface area contributed by atoms with Crippen LogP contribution in [-0.4, -0.2) is 32.9 Å². The van der Waals surface area contributed by atoms with Crippen LogP contribution in [-0.2, 0) is 16.0 Å². The number of benzene rings is 2. The summed E-state index contributed by atoms with van der Waals surface area (Å²) in [6, 6.07) is 11.7. The van der Waals surface area contributed by atoms with Gasteiger partial charge in [0.25, 0.3) is 5.91 Å². The molecular formula is C25H33BrN2O4. The van der Waals surface area contributed by atoms with E-state index in [2.05, 4.69) is 52.4 Å². The lowest BCUT2D eigenvalue weighted by molar-refractivity contribution is -0.132. The maximum atomic E-state index is 12.7. The molecule has 2 rings (SSSR count). The molecule has 1 N–H and O–H groups in total. The van der Waals surface area contributed by atoms with Crippen molar-refractivity contribution in [1.29, 1.82) is 0 Å². The van der Waals surface area contributed by atoms with E-state index >= 15 is 0 Å². The summed E-state index contributed by atoms with van der Waals surface area (Å²) in [5.74, 6) is 1.55.